The first kappa shape index (κ1) is 8.06. The third-order valence-electron chi connectivity index (χ3n) is 0.950. The molecule has 0 bridgehead atoms. The molecule has 0 fully saturated rings. The average molecular weight is 166 g/mol. The Morgan fingerprint density at radius 1 is 1.55 bits per heavy atom. The quantitative estimate of drug-likeness (QED) is 0.721. The van der Waals surface area contributed by atoms with Gasteiger partial charge in [0.1, 0.15) is 0 Å². The van der Waals surface area contributed by atoms with Crippen LogP contribution in [-0.2, 0) is 11.3 Å². The lowest BCUT2D eigenvalue weighted by Crippen LogP contribution is -2.12. The standard InChI is InChI=1S/C5H5F3N2O/c6-5(7,8)11-3-4-1-2-9-10-4/h1-2H,3H2,(H,9,10). The fraction of sp³-hybridized carbons (Fsp3) is 0.400. The van der Waals surface area contributed by atoms with Crippen LogP contribution >= 0.6 is 0 Å². The smallest absolute Gasteiger partial charge is 0.285 e. The van der Waals surface area contributed by atoms with E-state index in [1.807, 2.05) is 0 Å². The zero-order valence-corrected chi connectivity index (χ0v) is 5.35. The van der Waals surface area contributed by atoms with E-state index in [2.05, 4.69) is 14.9 Å². The van der Waals surface area contributed by atoms with Crippen molar-refractivity contribution in [1.29, 1.82) is 0 Å². The summed E-state index contributed by atoms with van der Waals surface area (Å²) in [7, 11) is 0. The van der Waals surface area contributed by atoms with Crippen molar-refractivity contribution in [2.45, 2.75) is 13.0 Å². The maximum atomic E-state index is 11.4. The van der Waals surface area contributed by atoms with Crippen molar-refractivity contribution in [3.8, 4) is 0 Å². The van der Waals surface area contributed by atoms with Crippen molar-refractivity contribution in [2.24, 2.45) is 0 Å². The van der Waals surface area contributed by atoms with Gasteiger partial charge in [-0.2, -0.15) is 5.10 Å². The highest BCUT2D eigenvalue weighted by Crippen LogP contribution is 2.17. The molecule has 0 atom stereocenters. The molecule has 1 heterocycles. The van der Waals surface area contributed by atoms with Crippen LogP contribution in [0.5, 0.6) is 0 Å². The largest absolute Gasteiger partial charge is 0.522 e. The molecule has 1 aromatic heterocycles. The van der Waals surface area contributed by atoms with Gasteiger partial charge in [0, 0.05) is 6.20 Å². The fourth-order valence-electron chi connectivity index (χ4n) is 0.525. The lowest BCUT2D eigenvalue weighted by atomic mass is 10.5. The van der Waals surface area contributed by atoms with Gasteiger partial charge in [-0.05, 0) is 6.07 Å². The van der Waals surface area contributed by atoms with Gasteiger partial charge in [0.25, 0.3) is 0 Å². The number of halogens is 3. The molecule has 0 aromatic carbocycles. The lowest BCUT2D eigenvalue weighted by Gasteiger charge is -2.04. The molecule has 1 aromatic rings. The SMILES string of the molecule is FC(F)(F)OCc1ccn[nH]1. The van der Waals surface area contributed by atoms with Crippen LogP contribution in [0, 0.1) is 0 Å². The molecule has 11 heavy (non-hydrogen) atoms. The van der Waals surface area contributed by atoms with Gasteiger partial charge in [-0.3, -0.25) is 9.84 Å². The second-order valence-electron chi connectivity index (χ2n) is 1.82. The zero-order valence-electron chi connectivity index (χ0n) is 5.35. The highest BCUT2D eigenvalue weighted by Gasteiger charge is 2.28. The molecule has 0 aliphatic rings. The number of H-pyrrole nitrogens is 1. The summed E-state index contributed by atoms with van der Waals surface area (Å²) in [5.41, 5.74) is 0.294. The minimum Gasteiger partial charge on any atom is -0.285 e. The van der Waals surface area contributed by atoms with Gasteiger partial charge in [0.15, 0.2) is 0 Å². The third kappa shape index (κ3) is 3.03. The molecule has 0 unspecified atom stereocenters. The van der Waals surface area contributed by atoms with E-state index in [9.17, 15) is 13.2 Å². The predicted molar refractivity (Wildman–Crippen MR) is 29.4 cm³/mol. The van der Waals surface area contributed by atoms with Gasteiger partial charge in [-0.15, -0.1) is 13.2 Å². The van der Waals surface area contributed by atoms with Crippen LogP contribution in [0.1, 0.15) is 5.69 Å². The van der Waals surface area contributed by atoms with E-state index >= 15 is 0 Å². The molecule has 0 spiro atoms. The molecule has 0 saturated heterocycles. The molecule has 1 rings (SSSR count). The van der Waals surface area contributed by atoms with Crippen molar-refractivity contribution >= 4 is 0 Å². The maximum absolute atomic E-state index is 11.4. The summed E-state index contributed by atoms with van der Waals surface area (Å²) in [5, 5.41) is 5.79. The Morgan fingerprint density at radius 3 is 2.73 bits per heavy atom. The van der Waals surface area contributed by atoms with Crippen LogP contribution in [-0.4, -0.2) is 16.6 Å². The van der Waals surface area contributed by atoms with E-state index in [0.717, 1.165) is 0 Å². The number of hydrogen-bond acceptors (Lipinski definition) is 2. The molecular formula is C5H5F3N2O. The van der Waals surface area contributed by atoms with Crippen LogP contribution < -0.4 is 0 Å². The van der Waals surface area contributed by atoms with Crippen molar-refractivity contribution in [2.75, 3.05) is 0 Å². The molecule has 0 saturated carbocycles. The molecule has 0 aliphatic carbocycles. The fourth-order valence-corrected chi connectivity index (χ4v) is 0.525. The summed E-state index contributed by atoms with van der Waals surface area (Å²) in [6.45, 7) is -0.524. The lowest BCUT2D eigenvalue weighted by molar-refractivity contribution is -0.330. The van der Waals surface area contributed by atoms with E-state index in [0.29, 0.717) is 5.69 Å². The highest BCUT2D eigenvalue weighted by atomic mass is 19.4. The monoisotopic (exact) mass is 166 g/mol. The Morgan fingerprint density at radius 2 is 2.27 bits per heavy atom. The van der Waals surface area contributed by atoms with Gasteiger partial charge in [-0.25, -0.2) is 0 Å². The van der Waals surface area contributed by atoms with Crippen molar-refractivity contribution in [3.63, 3.8) is 0 Å². The van der Waals surface area contributed by atoms with Crippen molar-refractivity contribution in [1.82, 2.24) is 10.2 Å². The molecule has 62 valence electrons. The molecule has 0 amide bonds. The molecular weight excluding hydrogens is 161 g/mol. The van der Waals surface area contributed by atoms with Crippen LogP contribution in [0.4, 0.5) is 13.2 Å². The number of nitrogens with zero attached hydrogens (tertiary/aromatic N) is 1. The van der Waals surface area contributed by atoms with E-state index in [-0.39, 0.29) is 0 Å². The number of alkyl halides is 3. The van der Waals surface area contributed by atoms with Crippen LogP contribution in [0.15, 0.2) is 12.3 Å². The number of rotatable bonds is 2. The first-order chi connectivity index (χ1) is 5.08. The normalized spacial score (nSPS) is 11.9. The van der Waals surface area contributed by atoms with Gasteiger partial charge in [0.05, 0.1) is 12.3 Å². The average Bonchev–Trinajstić information content (AvgIpc) is 2.32. The summed E-state index contributed by atoms with van der Waals surface area (Å²) in [6.07, 6.45) is -3.22. The van der Waals surface area contributed by atoms with Gasteiger partial charge < -0.3 is 0 Å². The summed E-state index contributed by atoms with van der Waals surface area (Å²) >= 11 is 0. The van der Waals surface area contributed by atoms with Gasteiger partial charge in [0.2, 0.25) is 0 Å². The second kappa shape index (κ2) is 2.91. The summed E-state index contributed by atoms with van der Waals surface area (Å²) in [6, 6.07) is 1.41. The third-order valence-corrected chi connectivity index (χ3v) is 0.950. The topological polar surface area (TPSA) is 37.9 Å². The number of ether oxygens (including phenoxy) is 1. The first-order valence-corrected chi connectivity index (χ1v) is 2.77. The van der Waals surface area contributed by atoms with Crippen LogP contribution in [0.25, 0.3) is 0 Å². The molecule has 6 heteroatoms. The molecule has 3 nitrogen and oxygen atoms in total. The Hall–Kier alpha value is -1.04. The van der Waals surface area contributed by atoms with E-state index in [1.54, 1.807) is 0 Å². The highest BCUT2D eigenvalue weighted by molar-refractivity contribution is 4.94. The van der Waals surface area contributed by atoms with Crippen LogP contribution in [0.3, 0.4) is 0 Å². The summed E-state index contributed by atoms with van der Waals surface area (Å²) in [4.78, 5) is 0. The molecule has 0 radical (unpaired) electrons. The van der Waals surface area contributed by atoms with E-state index < -0.39 is 13.0 Å². The van der Waals surface area contributed by atoms with Gasteiger partial charge in [-0.1, -0.05) is 0 Å². The van der Waals surface area contributed by atoms with Crippen molar-refractivity contribution in [3.05, 3.63) is 18.0 Å². The molecule has 1 N–H and O–H groups in total. The number of aromatic nitrogens is 2. The van der Waals surface area contributed by atoms with Crippen LogP contribution in [0.2, 0.25) is 0 Å². The van der Waals surface area contributed by atoms with Crippen molar-refractivity contribution < 1.29 is 17.9 Å². The molecule has 0 aliphatic heterocycles. The van der Waals surface area contributed by atoms with E-state index in [4.69, 9.17) is 0 Å². The Labute approximate surface area is 60.2 Å². The number of aromatic amines is 1. The summed E-state index contributed by atoms with van der Waals surface area (Å²) in [5.74, 6) is 0. The zero-order chi connectivity index (χ0) is 8.32. The Kier molecular flexibility index (Phi) is 2.13. The Bertz CT molecular complexity index is 206. The van der Waals surface area contributed by atoms with E-state index in [1.165, 1.54) is 12.3 Å². The first-order valence-electron chi connectivity index (χ1n) is 2.77. The Balaban J connectivity index is 2.35. The minimum atomic E-state index is -4.58. The van der Waals surface area contributed by atoms with Gasteiger partial charge >= 0.3 is 6.36 Å². The number of nitrogens with one attached hydrogen (secondary N) is 1. The minimum absolute atomic E-state index is 0.294. The maximum Gasteiger partial charge on any atom is 0.522 e. The second-order valence-corrected chi connectivity index (χ2v) is 1.82. The predicted octanol–water partition coefficient (Wildman–Crippen LogP) is 1.45. The summed E-state index contributed by atoms with van der Waals surface area (Å²) < 4.78 is 37.7. The number of hydrogen-bond donors (Lipinski definition) is 1.